The molecule has 0 radical (unpaired) electrons. The van der Waals surface area contributed by atoms with Crippen LogP contribution in [0.4, 0.5) is 0 Å². The Balaban J connectivity index is 4.49. The summed E-state index contributed by atoms with van der Waals surface area (Å²) in [6.45, 7) is 4.10. The van der Waals surface area contributed by atoms with Gasteiger partial charge < -0.3 is 10.2 Å². The third-order valence-corrected chi connectivity index (χ3v) is 3.11. The van der Waals surface area contributed by atoms with Gasteiger partial charge in [-0.05, 0) is 18.8 Å². The maximum Gasteiger partial charge on any atom is 0.318 e. The molecule has 0 aromatic rings. The van der Waals surface area contributed by atoms with Crippen LogP contribution in [0, 0.1) is 11.8 Å². The lowest BCUT2D eigenvalue weighted by Crippen LogP contribution is -2.31. The highest BCUT2D eigenvalue weighted by Crippen LogP contribution is 2.25. The van der Waals surface area contributed by atoms with Crippen molar-refractivity contribution >= 4 is 11.9 Å². The summed E-state index contributed by atoms with van der Waals surface area (Å²) in [5, 5.41) is 18.0. The Morgan fingerprint density at radius 1 is 0.882 bits per heavy atom. The number of unbranched alkanes of at least 4 members (excludes halogenated alkanes) is 3. The maximum atomic E-state index is 11.0. The highest BCUT2D eigenvalue weighted by atomic mass is 16.4. The van der Waals surface area contributed by atoms with Crippen molar-refractivity contribution in [3.63, 3.8) is 0 Å². The second kappa shape index (κ2) is 9.02. The third kappa shape index (κ3) is 6.29. The quantitative estimate of drug-likeness (QED) is 0.457. The molecule has 0 aliphatic rings. The molecule has 0 bridgehead atoms. The highest BCUT2D eigenvalue weighted by molar-refractivity contribution is 5.93. The first-order chi connectivity index (χ1) is 8.04. The fourth-order valence-electron chi connectivity index (χ4n) is 2.11. The number of carbonyl (C=O) groups is 2. The summed E-state index contributed by atoms with van der Waals surface area (Å²) in [7, 11) is 0. The Kier molecular flexibility index (Phi) is 8.46. The van der Waals surface area contributed by atoms with Gasteiger partial charge in [0.05, 0.1) is 0 Å². The summed E-state index contributed by atoms with van der Waals surface area (Å²) in [5.74, 6) is -3.86. The Hall–Kier alpha value is -1.06. The van der Waals surface area contributed by atoms with Gasteiger partial charge in [0.25, 0.3) is 0 Å². The van der Waals surface area contributed by atoms with Crippen molar-refractivity contribution in [2.45, 2.75) is 58.8 Å². The largest absolute Gasteiger partial charge is 0.481 e. The molecular weight excluding hydrogens is 220 g/mol. The second-order valence-electron chi connectivity index (χ2n) is 4.55. The molecule has 4 nitrogen and oxygen atoms in total. The molecule has 0 saturated heterocycles. The molecule has 1 unspecified atom stereocenters. The minimum absolute atomic E-state index is 0.225. The highest BCUT2D eigenvalue weighted by Gasteiger charge is 2.33. The molecule has 2 N–H and O–H groups in total. The van der Waals surface area contributed by atoms with E-state index in [0.29, 0.717) is 12.8 Å². The number of carboxylic acid groups (broad SMARTS) is 2. The number of aliphatic carboxylic acids is 2. The Morgan fingerprint density at radius 3 is 1.76 bits per heavy atom. The van der Waals surface area contributed by atoms with E-state index in [4.69, 9.17) is 10.2 Å². The molecule has 0 saturated carbocycles. The first kappa shape index (κ1) is 15.9. The van der Waals surface area contributed by atoms with E-state index in [-0.39, 0.29) is 5.92 Å². The van der Waals surface area contributed by atoms with E-state index in [1.807, 2.05) is 6.92 Å². The smallest absolute Gasteiger partial charge is 0.318 e. The fourth-order valence-corrected chi connectivity index (χ4v) is 2.11. The molecule has 4 heteroatoms. The van der Waals surface area contributed by atoms with Crippen molar-refractivity contribution in [2.75, 3.05) is 0 Å². The van der Waals surface area contributed by atoms with Crippen LogP contribution in [0.15, 0.2) is 0 Å². The van der Waals surface area contributed by atoms with Crippen LogP contribution < -0.4 is 0 Å². The monoisotopic (exact) mass is 244 g/mol. The van der Waals surface area contributed by atoms with Gasteiger partial charge in [0, 0.05) is 0 Å². The molecule has 0 heterocycles. The van der Waals surface area contributed by atoms with E-state index in [2.05, 4.69) is 6.92 Å². The second-order valence-corrected chi connectivity index (χ2v) is 4.55. The molecule has 100 valence electrons. The Labute approximate surface area is 103 Å². The summed E-state index contributed by atoms with van der Waals surface area (Å²) in [6, 6.07) is 0. The van der Waals surface area contributed by atoms with Gasteiger partial charge in [-0.1, -0.05) is 46.0 Å². The minimum atomic E-state index is -1.24. The normalized spacial score (nSPS) is 12.6. The maximum absolute atomic E-state index is 11.0. The summed E-state index contributed by atoms with van der Waals surface area (Å²) >= 11 is 0. The zero-order valence-electron chi connectivity index (χ0n) is 10.8. The van der Waals surface area contributed by atoms with Gasteiger partial charge in [-0.2, -0.15) is 0 Å². The first-order valence-electron chi connectivity index (χ1n) is 6.50. The van der Waals surface area contributed by atoms with Gasteiger partial charge in [0.15, 0.2) is 5.92 Å². The van der Waals surface area contributed by atoms with E-state index in [1.54, 1.807) is 0 Å². The lowest BCUT2D eigenvalue weighted by Gasteiger charge is -2.20. The summed E-state index contributed by atoms with van der Waals surface area (Å²) in [6.07, 6.45) is 6.28. The van der Waals surface area contributed by atoms with Crippen molar-refractivity contribution in [3.05, 3.63) is 0 Å². The molecule has 0 aromatic heterocycles. The van der Waals surface area contributed by atoms with E-state index >= 15 is 0 Å². The van der Waals surface area contributed by atoms with Gasteiger partial charge in [0.1, 0.15) is 0 Å². The van der Waals surface area contributed by atoms with Gasteiger partial charge in [-0.3, -0.25) is 9.59 Å². The van der Waals surface area contributed by atoms with E-state index in [9.17, 15) is 9.59 Å². The van der Waals surface area contributed by atoms with Crippen LogP contribution in [0.3, 0.4) is 0 Å². The molecular formula is C13H24O4. The first-order valence-corrected chi connectivity index (χ1v) is 6.50. The van der Waals surface area contributed by atoms with E-state index in [1.165, 1.54) is 0 Å². The minimum Gasteiger partial charge on any atom is -0.481 e. The number of rotatable bonds is 10. The summed E-state index contributed by atoms with van der Waals surface area (Å²) in [5.41, 5.74) is 0. The number of hydrogen-bond acceptors (Lipinski definition) is 2. The van der Waals surface area contributed by atoms with Crippen molar-refractivity contribution in [3.8, 4) is 0 Å². The number of hydrogen-bond donors (Lipinski definition) is 2. The van der Waals surface area contributed by atoms with Crippen molar-refractivity contribution < 1.29 is 19.8 Å². The van der Waals surface area contributed by atoms with E-state index < -0.39 is 17.9 Å². The average molecular weight is 244 g/mol. The molecule has 0 rings (SSSR count). The van der Waals surface area contributed by atoms with Crippen LogP contribution in [0.25, 0.3) is 0 Å². The van der Waals surface area contributed by atoms with Crippen LogP contribution in [0.5, 0.6) is 0 Å². The summed E-state index contributed by atoms with van der Waals surface area (Å²) in [4.78, 5) is 22.0. The lowest BCUT2D eigenvalue weighted by molar-refractivity contribution is -0.157. The zero-order chi connectivity index (χ0) is 13.3. The van der Waals surface area contributed by atoms with Crippen LogP contribution in [0.2, 0.25) is 0 Å². The topological polar surface area (TPSA) is 74.6 Å². The van der Waals surface area contributed by atoms with Crippen LogP contribution >= 0.6 is 0 Å². The standard InChI is InChI=1S/C13H24O4/c1-3-5-7-9-10(8-6-4-2)11(12(14)15)13(16)17/h10-11H,3-9H2,1-2H3,(H,14,15)(H,16,17). The molecule has 0 aromatic carbocycles. The molecule has 0 fully saturated rings. The van der Waals surface area contributed by atoms with Gasteiger partial charge in [0.2, 0.25) is 0 Å². The third-order valence-electron chi connectivity index (χ3n) is 3.11. The van der Waals surface area contributed by atoms with Gasteiger partial charge in [-0.15, -0.1) is 0 Å². The lowest BCUT2D eigenvalue weighted by atomic mass is 9.84. The predicted octanol–water partition coefficient (Wildman–Crippen LogP) is 3.16. The summed E-state index contributed by atoms with van der Waals surface area (Å²) < 4.78 is 0. The zero-order valence-corrected chi connectivity index (χ0v) is 10.8. The van der Waals surface area contributed by atoms with Crippen molar-refractivity contribution in [1.82, 2.24) is 0 Å². The van der Waals surface area contributed by atoms with E-state index in [0.717, 1.165) is 32.1 Å². The van der Waals surface area contributed by atoms with Crippen LogP contribution in [-0.4, -0.2) is 22.2 Å². The molecule has 0 amide bonds. The average Bonchev–Trinajstić information content (AvgIpc) is 2.24. The fraction of sp³-hybridized carbons (Fsp3) is 0.846. The SMILES string of the molecule is CCCCCC(CCCC)C(C(=O)O)C(=O)O. The Morgan fingerprint density at radius 2 is 1.35 bits per heavy atom. The van der Waals surface area contributed by atoms with Crippen molar-refractivity contribution in [2.24, 2.45) is 11.8 Å². The Bertz CT molecular complexity index is 224. The predicted molar refractivity (Wildman–Crippen MR) is 65.9 cm³/mol. The molecule has 0 spiro atoms. The van der Waals surface area contributed by atoms with Gasteiger partial charge >= 0.3 is 11.9 Å². The molecule has 1 atom stereocenters. The van der Waals surface area contributed by atoms with Crippen molar-refractivity contribution in [1.29, 1.82) is 0 Å². The van der Waals surface area contributed by atoms with Gasteiger partial charge in [-0.25, -0.2) is 0 Å². The number of carboxylic acids is 2. The van der Waals surface area contributed by atoms with Crippen LogP contribution in [-0.2, 0) is 9.59 Å². The molecule has 0 aliphatic heterocycles. The van der Waals surface area contributed by atoms with Crippen LogP contribution in [0.1, 0.15) is 58.8 Å². The molecule has 17 heavy (non-hydrogen) atoms. The molecule has 0 aliphatic carbocycles.